The van der Waals surface area contributed by atoms with Crippen LogP contribution in [0, 0.1) is 0 Å². The van der Waals surface area contributed by atoms with E-state index in [4.69, 9.17) is 27.9 Å². The lowest BCUT2D eigenvalue weighted by Crippen LogP contribution is -2.50. The third-order valence-corrected chi connectivity index (χ3v) is 5.67. The average molecular weight is 455 g/mol. The molecule has 5 nitrogen and oxygen atoms in total. The summed E-state index contributed by atoms with van der Waals surface area (Å²) in [6.07, 6.45) is -0.871. The van der Waals surface area contributed by atoms with Crippen molar-refractivity contribution in [2.75, 3.05) is 26.9 Å². The molecule has 2 aromatic carbocycles. The van der Waals surface area contributed by atoms with E-state index >= 15 is 0 Å². The number of halogens is 3. The predicted molar refractivity (Wildman–Crippen MR) is 116 cm³/mol. The van der Waals surface area contributed by atoms with Crippen molar-refractivity contribution in [3.63, 3.8) is 0 Å². The van der Waals surface area contributed by atoms with E-state index in [0.717, 1.165) is 30.8 Å². The Morgan fingerprint density at radius 2 is 1.73 bits per heavy atom. The fourth-order valence-corrected chi connectivity index (χ4v) is 3.54. The van der Waals surface area contributed by atoms with Crippen LogP contribution in [0.1, 0.15) is 17.2 Å². The van der Waals surface area contributed by atoms with E-state index in [9.17, 15) is 14.3 Å². The van der Waals surface area contributed by atoms with Gasteiger partial charge in [-0.25, -0.2) is 4.39 Å². The number of benzene rings is 2. The van der Waals surface area contributed by atoms with E-state index in [1.165, 1.54) is 5.56 Å². The van der Waals surface area contributed by atoms with Crippen LogP contribution in [-0.4, -0.2) is 59.8 Å². The van der Waals surface area contributed by atoms with Gasteiger partial charge in [0.15, 0.2) is 4.84 Å². The summed E-state index contributed by atoms with van der Waals surface area (Å²) < 4.78 is 18.6. The van der Waals surface area contributed by atoms with Crippen LogP contribution in [0.4, 0.5) is 4.39 Å². The Kier molecular flexibility index (Phi) is 8.08. The first kappa shape index (κ1) is 23.0. The SMILES string of the molecule is COC1CN(Cc2ccc(-c3ccc([C@@H](O)[C@@H](CF)NC(=O)C(Cl)Cl)cc3)cc2)C1. The van der Waals surface area contributed by atoms with Crippen molar-refractivity contribution < 1.29 is 19.0 Å². The number of methoxy groups -OCH3 is 1. The molecule has 1 saturated heterocycles. The first-order chi connectivity index (χ1) is 14.4. The van der Waals surface area contributed by atoms with Gasteiger partial charge in [0.2, 0.25) is 0 Å². The van der Waals surface area contributed by atoms with E-state index in [0.29, 0.717) is 11.7 Å². The van der Waals surface area contributed by atoms with E-state index in [-0.39, 0.29) is 0 Å². The third kappa shape index (κ3) is 5.71. The molecule has 0 aliphatic carbocycles. The third-order valence-electron chi connectivity index (χ3n) is 5.28. The molecular formula is C22H25Cl2FN2O3. The molecule has 0 aromatic heterocycles. The van der Waals surface area contributed by atoms with Gasteiger partial charge < -0.3 is 15.2 Å². The van der Waals surface area contributed by atoms with Crippen LogP contribution >= 0.6 is 23.2 Å². The zero-order valence-corrected chi connectivity index (χ0v) is 18.1. The van der Waals surface area contributed by atoms with Crippen molar-refractivity contribution in [3.8, 4) is 11.1 Å². The van der Waals surface area contributed by atoms with Gasteiger partial charge in [0.25, 0.3) is 5.91 Å². The lowest BCUT2D eigenvalue weighted by atomic mass is 9.98. The van der Waals surface area contributed by atoms with Crippen LogP contribution in [0.3, 0.4) is 0 Å². The Labute approximate surface area is 185 Å². The molecule has 0 spiro atoms. The summed E-state index contributed by atoms with van der Waals surface area (Å²) >= 11 is 10.9. The van der Waals surface area contributed by atoms with E-state index in [2.05, 4.69) is 34.5 Å². The van der Waals surface area contributed by atoms with Crippen LogP contribution in [0.2, 0.25) is 0 Å². The lowest BCUT2D eigenvalue weighted by molar-refractivity contribution is -0.121. The fraction of sp³-hybridized carbons (Fsp3) is 0.409. The van der Waals surface area contributed by atoms with Gasteiger partial charge in [-0.2, -0.15) is 0 Å². The van der Waals surface area contributed by atoms with E-state index < -0.39 is 29.6 Å². The monoisotopic (exact) mass is 454 g/mol. The number of hydrogen-bond acceptors (Lipinski definition) is 4. The number of rotatable bonds is 9. The number of ether oxygens (including phenoxy) is 1. The Morgan fingerprint density at radius 3 is 2.23 bits per heavy atom. The molecule has 8 heteroatoms. The van der Waals surface area contributed by atoms with Gasteiger partial charge in [0, 0.05) is 26.7 Å². The molecule has 1 heterocycles. The smallest absolute Gasteiger partial charge is 0.253 e. The average Bonchev–Trinajstić information content (AvgIpc) is 2.74. The number of aliphatic hydroxyl groups is 1. The molecular weight excluding hydrogens is 430 g/mol. The van der Waals surface area contributed by atoms with Crippen molar-refractivity contribution in [2.45, 2.75) is 29.6 Å². The maximum absolute atomic E-state index is 13.3. The zero-order valence-electron chi connectivity index (χ0n) is 16.6. The lowest BCUT2D eigenvalue weighted by Gasteiger charge is -2.38. The summed E-state index contributed by atoms with van der Waals surface area (Å²) in [4.78, 5) is 12.6. The van der Waals surface area contributed by atoms with Gasteiger partial charge in [0.1, 0.15) is 12.8 Å². The minimum Gasteiger partial charge on any atom is -0.386 e. The van der Waals surface area contributed by atoms with Gasteiger partial charge in [-0.15, -0.1) is 0 Å². The number of carbonyl (C=O) groups excluding carboxylic acids is 1. The summed E-state index contributed by atoms with van der Waals surface area (Å²) in [5, 5.41) is 12.7. The molecule has 3 rings (SSSR count). The Morgan fingerprint density at radius 1 is 1.17 bits per heavy atom. The van der Waals surface area contributed by atoms with Gasteiger partial charge in [-0.05, 0) is 22.3 Å². The van der Waals surface area contributed by atoms with Crippen LogP contribution in [0.25, 0.3) is 11.1 Å². The highest BCUT2D eigenvalue weighted by Crippen LogP contribution is 2.25. The molecule has 2 aromatic rings. The van der Waals surface area contributed by atoms with Crippen LogP contribution in [0.15, 0.2) is 48.5 Å². The second-order valence-corrected chi connectivity index (χ2v) is 8.48. The second kappa shape index (κ2) is 10.6. The van der Waals surface area contributed by atoms with Crippen molar-refractivity contribution in [1.29, 1.82) is 0 Å². The summed E-state index contributed by atoms with van der Waals surface area (Å²) in [7, 11) is 1.74. The van der Waals surface area contributed by atoms with Crippen LogP contribution < -0.4 is 5.32 Å². The largest absolute Gasteiger partial charge is 0.386 e. The first-order valence-corrected chi connectivity index (χ1v) is 10.6. The molecule has 0 radical (unpaired) electrons. The van der Waals surface area contributed by atoms with Crippen molar-refractivity contribution >= 4 is 29.1 Å². The molecule has 1 aliphatic rings. The van der Waals surface area contributed by atoms with Crippen molar-refractivity contribution in [1.82, 2.24) is 10.2 Å². The predicted octanol–water partition coefficient (Wildman–Crippen LogP) is 3.48. The molecule has 1 amide bonds. The van der Waals surface area contributed by atoms with Gasteiger partial charge in [0.05, 0.1) is 12.1 Å². The molecule has 1 aliphatic heterocycles. The Bertz CT molecular complexity index is 827. The molecule has 0 bridgehead atoms. The number of hydrogen-bond donors (Lipinski definition) is 2. The number of nitrogens with one attached hydrogen (secondary N) is 1. The number of nitrogens with zero attached hydrogens (tertiary/aromatic N) is 1. The van der Waals surface area contributed by atoms with E-state index in [1.807, 2.05) is 12.1 Å². The normalized spacial score (nSPS) is 16.9. The maximum atomic E-state index is 13.3. The van der Waals surface area contributed by atoms with Gasteiger partial charge in [-0.3, -0.25) is 9.69 Å². The maximum Gasteiger partial charge on any atom is 0.253 e. The number of amides is 1. The summed E-state index contributed by atoms with van der Waals surface area (Å²) in [6, 6.07) is 14.3. The summed E-state index contributed by atoms with van der Waals surface area (Å²) in [5.41, 5.74) is 3.74. The molecule has 2 atom stereocenters. The molecule has 0 unspecified atom stereocenters. The molecule has 30 heavy (non-hydrogen) atoms. The van der Waals surface area contributed by atoms with Crippen molar-refractivity contribution in [3.05, 3.63) is 59.7 Å². The standard InChI is InChI=1S/C22H25Cl2FN2O3/c1-30-18-12-27(13-18)11-14-2-4-15(5-3-14)16-6-8-17(9-7-16)20(28)19(10-25)26-22(29)21(23)24/h2-9,18-21,28H,10-13H2,1H3,(H,26,29)/t19-,20-/m1/s1. The molecule has 1 fully saturated rings. The topological polar surface area (TPSA) is 61.8 Å². The highest BCUT2D eigenvalue weighted by atomic mass is 35.5. The Balaban J connectivity index is 1.61. The number of alkyl halides is 3. The quantitative estimate of drug-likeness (QED) is 0.569. The molecule has 2 N–H and O–H groups in total. The first-order valence-electron chi connectivity index (χ1n) is 9.68. The highest BCUT2D eigenvalue weighted by molar-refractivity contribution is 6.53. The van der Waals surface area contributed by atoms with Gasteiger partial charge in [-0.1, -0.05) is 71.7 Å². The minimum absolute atomic E-state index is 0.342. The second-order valence-electron chi connectivity index (χ2n) is 7.39. The number of likely N-dealkylation sites (tertiary alicyclic amines) is 1. The Hall–Kier alpha value is -1.70. The zero-order chi connectivity index (χ0) is 21.7. The summed E-state index contributed by atoms with van der Waals surface area (Å²) in [6.45, 7) is 1.86. The van der Waals surface area contributed by atoms with E-state index in [1.54, 1.807) is 19.2 Å². The van der Waals surface area contributed by atoms with Crippen LogP contribution in [-0.2, 0) is 16.1 Å². The highest BCUT2D eigenvalue weighted by Gasteiger charge is 2.26. The minimum atomic E-state index is -1.32. The molecule has 0 saturated carbocycles. The number of carbonyl (C=O) groups is 1. The fourth-order valence-electron chi connectivity index (χ4n) is 3.41. The van der Waals surface area contributed by atoms with Crippen LogP contribution in [0.5, 0.6) is 0 Å². The number of aliphatic hydroxyl groups excluding tert-OH is 1. The van der Waals surface area contributed by atoms with Gasteiger partial charge >= 0.3 is 0 Å². The molecule has 162 valence electrons. The van der Waals surface area contributed by atoms with Crippen molar-refractivity contribution in [2.24, 2.45) is 0 Å². The summed E-state index contributed by atoms with van der Waals surface area (Å²) in [5.74, 6) is -0.743.